The number of fused-ring (bicyclic) bond motifs is 1. The van der Waals surface area contributed by atoms with E-state index in [1.807, 2.05) is 6.07 Å². The fourth-order valence-corrected chi connectivity index (χ4v) is 2.77. The second-order valence-corrected chi connectivity index (χ2v) is 6.16. The molecule has 3 heterocycles. The average Bonchev–Trinajstić information content (AvgIpc) is 3.28. The number of nitrogens with zero attached hydrogens (tertiary/aromatic N) is 3. The highest BCUT2D eigenvalue weighted by molar-refractivity contribution is 5.98. The Morgan fingerprint density at radius 1 is 1.14 bits per heavy atom. The Hall–Kier alpha value is -4.27. The molecule has 0 aliphatic carbocycles. The van der Waals surface area contributed by atoms with Gasteiger partial charge < -0.3 is 14.9 Å². The summed E-state index contributed by atoms with van der Waals surface area (Å²) in [7, 11) is 0. The quantitative estimate of drug-likeness (QED) is 0.354. The molecule has 0 aliphatic rings. The van der Waals surface area contributed by atoms with Crippen molar-refractivity contribution in [3.63, 3.8) is 0 Å². The summed E-state index contributed by atoms with van der Waals surface area (Å²) >= 11 is 0. The maximum atomic E-state index is 11.2. The van der Waals surface area contributed by atoms with Crippen molar-refractivity contribution in [1.29, 1.82) is 10.8 Å². The molecule has 9 heteroatoms. The smallest absolute Gasteiger partial charge is 0.250 e. The first-order valence-corrected chi connectivity index (χ1v) is 8.60. The van der Waals surface area contributed by atoms with Crippen molar-refractivity contribution in [2.45, 2.75) is 6.61 Å². The average molecular weight is 388 g/mol. The molecule has 0 atom stereocenters. The maximum absolute atomic E-state index is 11.2. The zero-order valence-corrected chi connectivity index (χ0v) is 15.1. The van der Waals surface area contributed by atoms with Crippen molar-refractivity contribution < 1.29 is 13.9 Å². The minimum Gasteiger partial charge on any atom is -0.472 e. The number of carbonyl (C=O) groups excluding carboxylic acids is 1. The van der Waals surface area contributed by atoms with Crippen molar-refractivity contribution in [3.05, 3.63) is 83.5 Å². The third-order valence-electron chi connectivity index (χ3n) is 4.29. The summed E-state index contributed by atoms with van der Waals surface area (Å²) in [6.07, 6.45) is 4.25. The third kappa shape index (κ3) is 3.48. The Bertz CT molecular complexity index is 1260. The lowest BCUT2D eigenvalue weighted by molar-refractivity contribution is 0.1000. The number of hydrogen-bond acceptors (Lipinski definition) is 7. The van der Waals surface area contributed by atoms with Gasteiger partial charge >= 0.3 is 0 Å². The van der Waals surface area contributed by atoms with Crippen LogP contribution >= 0.6 is 0 Å². The molecule has 4 aromatic rings. The van der Waals surface area contributed by atoms with Gasteiger partial charge in [-0.15, -0.1) is 5.10 Å². The number of primary amides is 1. The van der Waals surface area contributed by atoms with Crippen molar-refractivity contribution in [1.82, 2.24) is 14.8 Å². The van der Waals surface area contributed by atoms with E-state index in [1.165, 1.54) is 23.4 Å². The molecule has 0 saturated carbocycles. The van der Waals surface area contributed by atoms with E-state index in [9.17, 15) is 4.79 Å². The summed E-state index contributed by atoms with van der Waals surface area (Å²) in [5.74, 6) is -0.309. The topological polar surface area (TPSA) is 144 Å². The SMILES string of the molecule is N=C(c1ccoc1)n1nc(OCc2ccc(C(N)=O)cn2)c2ccccc2c1=N. The van der Waals surface area contributed by atoms with Gasteiger partial charge in [-0.1, -0.05) is 18.2 Å². The lowest BCUT2D eigenvalue weighted by Crippen LogP contribution is -2.30. The molecule has 29 heavy (non-hydrogen) atoms. The number of amides is 1. The molecule has 4 N–H and O–H groups in total. The molecule has 4 rings (SSSR count). The van der Waals surface area contributed by atoms with Crippen LogP contribution in [0.3, 0.4) is 0 Å². The zero-order valence-electron chi connectivity index (χ0n) is 15.1. The number of hydrogen-bond donors (Lipinski definition) is 3. The van der Waals surface area contributed by atoms with Gasteiger partial charge in [-0.3, -0.25) is 20.6 Å². The van der Waals surface area contributed by atoms with E-state index in [0.29, 0.717) is 27.6 Å². The summed E-state index contributed by atoms with van der Waals surface area (Å²) in [5.41, 5.74) is 6.65. The Balaban J connectivity index is 1.71. The van der Waals surface area contributed by atoms with Crippen molar-refractivity contribution in [2.24, 2.45) is 5.73 Å². The van der Waals surface area contributed by atoms with Gasteiger partial charge in [0.2, 0.25) is 11.8 Å². The molecule has 0 saturated heterocycles. The van der Waals surface area contributed by atoms with Gasteiger partial charge in [0.15, 0.2) is 11.3 Å². The lowest BCUT2D eigenvalue weighted by Gasteiger charge is -2.13. The number of furan rings is 1. The Morgan fingerprint density at radius 3 is 2.59 bits per heavy atom. The van der Waals surface area contributed by atoms with Crippen LogP contribution in [0.15, 0.2) is 65.6 Å². The predicted molar refractivity (Wildman–Crippen MR) is 104 cm³/mol. The number of nitrogens with two attached hydrogens (primary N) is 1. The van der Waals surface area contributed by atoms with Gasteiger partial charge in [-0.05, 0) is 24.3 Å². The molecule has 0 aliphatic heterocycles. The predicted octanol–water partition coefficient (Wildman–Crippen LogP) is 2.06. The normalized spacial score (nSPS) is 10.8. The molecule has 0 radical (unpaired) electrons. The second kappa shape index (κ2) is 7.39. The minimum absolute atomic E-state index is 0.0108. The third-order valence-corrected chi connectivity index (χ3v) is 4.29. The number of benzene rings is 1. The van der Waals surface area contributed by atoms with Crippen molar-refractivity contribution in [2.75, 3.05) is 0 Å². The monoisotopic (exact) mass is 388 g/mol. The highest BCUT2D eigenvalue weighted by Crippen LogP contribution is 2.21. The Kier molecular flexibility index (Phi) is 4.62. The molecule has 0 unspecified atom stereocenters. The van der Waals surface area contributed by atoms with E-state index in [1.54, 1.807) is 36.4 Å². The molecule has 0 fully saturated rings. The van der Waals surface area contributed by atoms with E-state index in [-0.39, 0.29) is 23.8 Å². The first-order valence-electron chi connectivity index (χ1n) is 8.60. The molecule has 3 aromatic heterocycles. The largest absolute Gasteiger partial charge is 0.472 e. The summed E-state index contributed by atoms with van der Waals surface area (Å²) in [5, 5.41) is 22.4. The highest BCUT2D eigenvalue weighted by Gasteiger charge is 2.14. The fraction of sp³-hybridized carbons (Fsp3) is 0.0500. The molecule has 9 nitrogen and oxygen atoms in total. The van der Waals surface area contributed by atoms with Crippen LogP contribution in [0.5, 0.6) is 5.88 Å². The Labute approximate surface area is 164 Å². The van der Waals surface area contributed by atoms with Crippen LogP contribution in [0.4, 0.5) is 0 Å². The molecule has 144 valence electrons. The molecule has 0 spiro atoms. The van der Waals surface area contributed by atoms with Gasteiger partial charge in [0, 0.05) is 17.0 Å². The Morgan fingerprint density at radius 2 is 1.93 bits per heavy atom. The van der Waals surface area contributed by atoms with Gasteiger partial charge in [-0.25, -0.2) is 0 Å². The van der Waals surface area contributed by atoms with Crippen LogP contribution in [-0.4, -0.2) is 26.5 Å². The number of nitrogens with one attached hydrogen (secondary N) is 2. The molecule has 1 amide bonds. The highest BCUT2D eigenvalue weighted by atomic mass is 16.5. The van der Waals surface area contributed by atoms with Crippen LogP contribution in [0.2, 0.25) is 0 Å². The second-order valence-electron chi connectivity index (χ2n) is 6.16. The van der Waals surface area contributed by atoms with Crippen LogP contribution < -0.4 is 16.0 Å². The van der Waals surface area contributed by atoms with Gasteiger partial charge in [-0.2, -0.15) is 4.68 Å². The number of carbonyl (C=O) groups is 1. The van der Waals surface area contributed by atoms with Crippen LogP contribution in [0, 0.1) is 10.8 Å². The van der Waals surface area contributed by atoms with E-state index in [0.717, 1.165) is 0 Å². The number of ether oxygens (including phenoxy) is 1. The van der Waals surface area contributed by atoms with Crippen LogP contribution in [0.25, 0.3) is 10.8 Å². The standard InChI is InChI=1S/C20H16N6O3/c21-17(13-7-8-28-10-13)26-18(22)15-3-1-2-4-16(15)20(25-26)29-11-14-6-5-12(9-24-14)19(23)27/h1-10,21-22H,11H2,(H2,23,27). The van der Waals surface area contributed by atoms with E-state index < -0.39 is 5.91 Å². The molecular weight excluding hydrogens is 372 g/mol. The summed E-state index contributed by atoms with van der Waals surface area (Å²) < 4.78 is 12.1. The summed E-state index contributed by atoms with van der Waals surface area (Å²) in [6.45, 7) is 0.0897. The lowest BCUT2D eigenvalue weighted by atomic mass is 10.2. The van der Waals surface area contributed by atoms with Crippen molar-refractivity contribution in [3.8, 4) is 5.88 Å². The van der Waals surface area contributed by atoms with Gasteiger partial charge in [0.1, 0.15) is 12.9 Å². The first-order chi connectivity index (χ1) is 14.0. The van der Waals surface area contributed by atoms with Crippen LogP contribution in [-0.2, 0) is 6.61 Å². The van der Waals surface area contributed by atoms with E-state index in [2.05, 4.69) is 10.1 Å². The maximum Gasteiger partial charge on any atom is 0.250 e. The van der Waals surface area contributed by atoms with E-state index in [4.69, 9.17) is 25.7 Å². The summed E-state index contributed by atoms with van der Waals surface area (Å²) in [4.78, 5) is 15.3. The summed E-state index contributed by atoms with van der Waals surface area (Å²) in [6, 6.07) is 12.0. The number of pyridine rings is 1. The molecule has 0 bridgehead atoms. The van der Waals surface area contributed by atoms with E-state index >= 15 is 0 Å². The number of rotatable bonds is 5. The minimum atomic E-state index is -0.553. The van der Waals surface area contributed by atoms with Crippen molar-refractivity contribution >= 4 is 22.5 Å². The molecule has 1 aromatic carbocycles. The van der Waals surface area contributed by atoms with Gasteiger partial charge in [0.05, 0.1) is 23.1 Å². The fourth-order valence-electron chi connectivity index (χ4n) is 2.77. The van der Waals surface area contributed by atoms with Gasteiger partial charge in [0.25, 0.3) is 0 Å². The molecular formula is C20H16N6O3. The number of aromatic nitrogens is 3. The van der Waals surface area contributed by atoms with Crippen LogP contribution in [0.1, 0.15) is 21.6 Å². The first kappa shape index (κ1) is 18.1. The zero-order chi connectivity index (χ0) is 20.4.